The molecule has 3 heterocycles. The number of carbonyl (C=O) groups is 3. The van der Waals surface area contributed by atoms with Gasteiger partial charge in [0, 0.05) is 11.3 Å². The van der Waals surface area contributed by atoms with Gasteiger partial charge in [-0.05, 0) is 36.4 Å². The van der Waals surface area contributed by atoms with Crippen molar-refractivity contribution in [2.24, 2.45) is 0 Å². The molecule has 0 radical (unpaired) electrons. The number of ether oxygens (including phenoxy) is 2. The number of amides is 2. The predicted molar refractivity (Wildman–Crippen MR) is 153 cm³/mol. The zero-order valence-corrected chi connectivity index (χ0v) is 22.4. The number of fused-ring (bicyclic) bond motifs is 2. The van der Waals surface area contributed by atoms with Crippen LogP contribution in [-0.4, -0.2) is 63.4 Å². The summed E-state index contributed by atoms with van der Waals surface area (Å²) < 4.78 is 11.6. The van der Waals surface area contributed by atoms with Crippen LogP contribution in [0, 0.1) is 0 Å². The lowest BCUT2D eigenvalue weighted by Crippen LogP contribution is -2.70. The summed E-state index contributed by atoms with van der Waals surface area (Å²) in [6.45, 7) is -0.175. The van der Waals surface area contributed by atoms with E-state index < -0.39 is 17.3 Å². The van der Waals surface area contributed by atoms with E-state index in [2.05, 4.69) is 15.3 Å². The van der Waals surface area contributed by atoms with Crippen molar-refractivity contribution in [3.8, 4) is 22.9 Å². The summed E-state index contributed by atoms with van der Waals surface area (Å²) in [6, 6.07) is 22.4. The normalized spacial score (nSPS) is 18.0. The predicted octanol–water partition coefficient (Wildman–Crippen LogP) is 2.90. The molecule has 6 rings (SSSR count). The quantitative estimate of drug-likeness (QED) is 0.233. The third-order valence-corrected chi connectivity index (χ3v) is 8.13. The van der Waals surface area contributed by atoms with E-state index in [1.165, 1.54) is 16.7 Å². The summed E-state index contributed by atoms with van der Waals surface area (Å²) in [6.07, 6.45) is 0.647. The van der Waals surface area contributed by atoms with Gasteiger partial charge in [0.05, 0.1) is 22.2 Å². The molecule has 41 heavy (non-hydrogen) atoms. The average molecular weight is 569 g/mol. The maximum Gasteiger partial charge on any atom is 0.259 e. The first-order valence-corrected chi connectivity index (χ1v) is 13.9. The van der Waals surface area contributed by atoms with Crippen LogP contribution in [0.25, 0.3) is 22.3 Å². The maximum absolute atomic E-state index is 13.0. The van der Waals surface area contributed by atoms with Crippen LogP contribution in [0.1, 0.15) is 0 Å². The number of hydrogen-bond donors (Lipinski definition) is 2. The zero-order chi connectivity index (χ0) is 28.3. The first-order valence-electron chi connectivity index (χ1n) is 12.8. The van der Waals surface area contributed by atoms with Gasteiger partial charge in [0.25, 0.3) is 17.4 Å². The number of allylic oxidation sites excluding steroid dienone is 1. The fourth-order valence-corrected chi connectivity index (χ4v) is 6.10. The summed E-state index contributed by atoms with van der Waals surface area (Å²) in [4.78, 5) is 58.9. The summed E-state index contributed by atoms with van der Waals surface area (Å²) in [5.74, 6) is 1.02. The van der Waals surface area contributed by atoms with Crippen LogP contribution in [0.4, 0.5) is 0 Å². The van der Waals surface area contributed by atoms with E-state index in [9.17, 15) is 19.2 Å². The highest BCUT2D eigenvalue weighted by molar-refractivity contribution is 8.00. The minimum atomic E-state index is -0.749. The van der Waals surface area contributed by atoms with Crippen LogP contribution in [0.3, 0.4) is 0 Å². The fraction of sp³-hybridized carbons (Fsp3) is 0.167. The Balaban J connectivity index is 1.14. The molecule has 0 spiro atoms. The number of nitrogens with zero attached hydrogens (tertiary/aromatic N) is 2. The Morgan fingerprint density at radius 3 is 2.61 bits per heavy atom. The molecular formula is C30H24N4O6S. The Bertz CT molecular complexity index is 1740. The van der Waals surface area contributed by atoms with Gasteiger partial charge in [-0.2, -0.15) is 0 Å². The van der Waals surface area contributed by atoms with Gasteiger partial charge in [-0.15, -0.1) is 11.8 Å². The van der Waals surface area contributed by atoms with E-state index in [-0.39, 0.29) is 30.4 Å². The van der Waals surface area contributed by atoms with Gasteiger partial charge in [-0.1, -0.05) is 42.5 Å². The topological polar surface area (TPSA) is 131 Å². The third kappa shape index (κ3) is 5.19. The number of hydrogen-bond acceptors (Lipinski definition) is 8. The van der Waals surface area contributed by atoms with Crippen molar-refractivity contribution >= 4 is 40.8 Å². The molecule has 1 aromatic heterocycles. The minimum absolute atomic E-state index is 0.0499. The lowest BCUT2D eigenvalue weighted by molar-refractivity contribution is -0.147. The molecule has 1 saturated heterocycles. The van der Waals surface area contributed by atoms with Gasteiger partial charge in [0.2, 0.25) is 0 Å². The maximum atomic E-state index is 13.0. The van der Waals surface area contributed by atoms with Gasteiger partial charge in [-0.25, -0.2) is 4.98 Å². The van der Waals surface area contributed by atoms with Gasteiger partial charge >= 0.3 is 0 Å². The van der Waals surface area contributed by atoms with E-state index >= 15 is 0 Å². The molecule has 3 aromatic carbocycles. The van der Waals surface area contributed by atoms with E-state index in [1.807, 2.05) is 18.2 Å². The van der Waals surface area contributed by atoms with E-state index in [4.69, 9.17) is 9.47 Å². The van der Waals surface area contributed by atoms with Crippen molar-refractivity contribution in [1.82, 2.24) is 20.2 Å². The Morgan fingerprint density at radius 2 is 1.78 bits per heavy atom. The summed E-state index contributed by atoms with van der Waals surface area (Å²) in [5.41, 5.74) is 1.77. The molecule has 206 valence electrons. The first-order chi connectivity index (χ1) is 20.0. The number of H-pyrrole nitrogens is 1. The molecule has 1 fully saturated rings. The SMILES string of the molecule is O=CC1=C(COc2ccccc2-c2nc3ccccc3c(=O)[nH]2)CSC2C(NC(=O)COc3ccccc3)C(=O)N12. The van der Waals surface area contributed by atoms with Crippen molar-refractivity contribution in [3.05, 3.63) is 100 Å². The number of aromatic nitrogens is 2. The van der Waals surface area contributed by atoms with Gasteiger partial charge < -0.3 is 19.8 Å². The molecule has 2 aliphatic heterocycles. The highest BCUT2D eigenvalue weighted by Gasteiger charge is 2.52. The molecule has 0 aliphatic carbocycles. The van der Waals surface area contributed by atoms with Crippen molar-refractivity contribution in [1.29, 1.82) is 0 Å². The Labute approximate surface area is 238 Å². The molecule has 2 N–H and O–H groups in total. The number of nitrogens with one attached hydrogen (secondary N) is 2. The minimum Gasteiger partial charge on any atom is -0.488 e. The van der Waals surface area contributed by atoms with Crippen LogP contribution >= 0.6 is 11.8 Å². The molecule has 10 nitrogen and oxygen atoms in total. The van der Waals surface area contributed by atoms with Crippen LogP contribution < -0.4 is 20.3 Å². The van der Waals surface area contributed by atoms with E-state index in [1.54, 1.807) is 60.7 Å². The number of benzene rings is 3. The first kappa shape index (κ1) is 26.3. The van der Waals surface area contributed by atoms with E-state index in [0.29, 0.717) is 51.4 Å². The average Bonchev–Trinajstić information content (AvgIpc) is 3.01. The van der Waals surface area contributed by atoms with Crippen molar-refractivity contribution < 1.29 is 23.9 Å². The van der Waals surface area contributed by atoms with Crippen LogP contribution in [0.15, 0.2) is 94.9 Å². The van der Waals surface area contributed by atoms with E-state index in [0.717, 1.165) is 0 Å². The second kappa shape index (κ2) is 11.3. The molecule has 2 unspecified atom stereocenters. The number of rotatable bonds is 9. The number of aromatic amines is 1. The molecular weight excluding hydrogens is 544 g/mol. The van der Waals surface area contributed by atoms with Gasteiger partial charge in [-0.3, -0.25) is 24.1 Å². The number of aldehydes is 1. The number of thioether (sulfide) groups is 1. The second-order valence-electron chi connectivity index (χ2n) is 9.38. The van der Waals surface area contributed by atoms with Crippen molar-refractivity contribution in [3.63, 3.8) is 0 Å². The highest BCUT2D eigenvalue weighted by Crippen LogP contribution is 2.40. The number of β-lactam (4-membered cyclic amide) rings is 1. The molecule has 2 amide bonds. The van der Waals surface area contributed by atoms with Gasteiger partial charge in [0.1, 0.15) is 35.3 Å². The number of para-hydroxylation sites is 3. The second-order valence-corrected chi connectivity index (χ2v) is 10.5. The monoisotopic (exact) mass is 568 g/mol. The Hall–Kier alpha value is -4.90. The smallest absolute Gasteiger partial charge is 0.259 e. The number of carbonyl (C=O) groups excluding carboxylic acids is 3. The molecule has 2 aliphatic rings. The Kier molecular flexibility index (Phi) is 7.26. The largest absolute Gasteiger partial charge is 0.488 e. The third-order valence-electron chi connectivity index (χ3n) is 6.79. The molecule has 11 heteroatoms. The van der Waals surface area contributed by atoms with Gasteiger partial charge in [0.15, 0.2) is 12.9 Å². The molecule has 0 bridgehead atoms. The van der Waals surface area contributed by atoms with Crippen LogP contribution in [0.5, 0.6) is 11.5 Å². The molecule has 2 atom stereocenters. The Morgan fingerprint density at radius 1 is 1.02 bits per heavy atom. The highest BCUT2D eigenvalue weighted by atomic mass is 32.2. The lowest BCUT2D eigenvalue weighted by atomic mass is 10.0. The standard InChI is InChI=1S/C30H24N4O6S/c35-14-23-18(17-41-30-26(29(38)34(23)30)32-25(36)16-39-19-8-2-1-3-9-19)15-40-24-13-7-5-11-21(24)27-31-22-12-6-4-10-20(22)28(37)33-27/h1-14,26,30H,15-17H2,(H,32,36)(H,31,33,37). The molecule has 4 aromatic rings. The molecule has 0 saturated carbocycles. The van der Waals surface area contributed by atoms with Crippen LogP contribution in [0.2, 0.25) is 0 Å². The fourth-order valence-electron chi connectivity index (χ4n) is 4.76. The summed E-state index contributed by atoms with van der Waals surface area (Å²) in [5, 5.41) is 2.80. The van der Waals surface area contributed by atoms with Crippen molar-refractivity contribution in [2.75, 3.05) is 19.0 Å². The summed E-state index contributed by atoms with van der Waals surface area (Å²) >= 11 is 1.44. The van der Waals surface area contributed by atoms with Crippen LogP contribution in [-0.2, 0) is 14.4 Å². The lowest BCUT2D eigenvalue weighted by Gasteiger charge is -2.49. The zero-order valence-electron chi connectivity index (χ0n) is 21.6. The summed E-state index contributed by atoms with van der Waals surface area (Å²) in [7, 11) is 0. The van der Waals surface area contributed by atoms with Crippen molar-refractivity contribution in [2.45, 2.75) is 11.4 Å².